The number of hydrogen-bond acceptors (Lipinski definition) is 5. The zero-order chi connectivity index (χ0) is 15.2. The van der Waals surface area contributed by atoms with E-state index in [9.17, 15) is 4.39 Å². The van der Waals surface area contributed by atoms with Gasteiger partial charge in [0, 0.05) is 11.7 Å². The highest BCUT2D eigenvalue weighted by molar-refractivity contribution is 7.99. The molecule has 1 fully saturated rings. The van der Waals surface area contributed by atoms with Gasteiger partial charge < -0.3 is 9.15 Å². The topological polar surface area (TPSA) is 48.2 Å². The van der Waals surface area contributed by atoms with Gasteiger partial charge in [0.15, 0.2) is 0 Å². The zero-order valence-corrected chi connectivity index (χ0v) is 13.2. The molecule has 1 aliphatic carbocycles. The van der Waals surface area contributed by atoms with Gasteiger partial charge in [-0.15, -0.1) is 10.2 Å². The number of hydrogen-bond donors (Lipinski definition) is 0. The van der Waals surface area contributed by atoms with E-state index in [2.05, 4.69) is 10.2 Å². The van der Waals surface area contributed by atoms with Gasteiger partial charge in [-0.2, -0.15) is 0 Å². The molecule has 0 bridgehead atoms. The minimum Gasteiger partial charge on any atom is -0.493 e. The Morgan fingerprint density at radius 1 is 1.14 bits per heavy atom. The zero-order valence-electron chi connectivity index (χ0n) is 12.3. The Bertz CT molecular complexity index is 582. The summed E-state index contributed by atoms with van der Waals surface area (Å²) in [6.45, 7) is 0.511. The second kappa shape index (κ2) is 7.63. The third-order valence-corrected chi connectivity index (χ3v) is 4.55. The number of nitrogens with zero attached hydrogens (tertiary/aromatic N) is 2. The van der Waals surface area contributed by atoms with Crippen molar-refractivity contribution >= 4 is 11.8 Å². The molecule has 0 aliphatic heterocycles. The summed E-state index contributed by atoms with van der Waals surface area (Å²) in [6, 6.07) is 6.01. The molecule has 1 aliphatic rings. The van der Waals surface area contributed by atoms with Crippen LogP contribution in [0.1, 0.15) is 43.9 Å². The van der Waals surface area contributed by atoms with Gasteiger partial charge in [-0.25, -0.2) is 4.39 Å². The number of rotatable bonds is 6. The minimum absolute atomic E-state index is 0.261. The first-order valence-electron chi connectivity index (χ1n) is 7.66. The van der Waals surface area contributed by atoms with Crippen LogP contribution in [-0.2, 0) is 0 Å². The van der Waals surface area contributed by atoms with Crippen LogP contribution in [0.25, 0.3) is 0 Å². The van der Waals surface area contributed by atoms with E-state index in [0.717, 1.165) is 18.7 Å². The van der Waals surface area contributed by atoms with Crippen LogP contribution in [0.2, 0.25) is 0 Å². The molecular formula is C16H19FN2O2S. The first kappa shape index (κ1) is 15.3. The Balaban J connectivity index is 1.42. The van der Waals surface area contributed by atoms with Crippen molar-refractivity contribution in [2.24, 2.45) is 0 Å². The molecule has 1 aromatic carbocycles. The maximum Gasteiger partial charge on any atom is 0.276 e. The molecule has 3 rings (SSSR count). The molecule has 0 atom stereocenters. The van der Waals surface area contributed by atoms with Gasteiger partial charge in [0.25, 0.3) is 5.22 Å². The predicted octanol–water partition coefficient (Wildman–Crippen LogP) is 4.43. The van der Waals surface area contributed by atoms with Gasteiger partial charge in [0.2, 0.25) is 5.89 Å². The Labute approximate surface area is 133 Å². The molecular weight excluding hydrogens is 303 g/mol. The first-order chi connectivity index (χ1) is 10.8. The van der Waals surface area contributed by atoms with Crippen molar-refractivity contribution in [3.8, 4) is 5.75 Å². The average molecular weight is 322 g/mol. The largest absolute Gasteiger partial charge is 0.493 e. The van der Waals surface area contributed by atoms with Crippen LogP contribution < -0.4 is 4.74 Å². The van der Waals surface area contributed by atoms with Crippen LogP contribution >= 0.6 is 11.8 Å². The number of thioether (sulfide) groups is 1. The van der Waals surface area contributed by atoms with Crippen LogP contribution in [0, 0.1) is 5.82 Å². The van der Waals surface area contributed by atoms with Crippen molar-refractivity contribution in [3.05, 3.63) is 36.0 Å². The molecule has 2 aromatic rings. The summed E-state index contributed by atoms with van der Waals surface area (Å²) in [5, 5.41) is 8.86. The summed E-state index contributed by atoms with van der Waals surface area (Å²) in [4.78, 5) is 0. The van der Waals surface area contributed by atoms with E-state index in [1.807, 2.05) is 0 Å². The van der Waals surface area contributed by atoms with Crippen LogP contribution in [0.5, 0.6) is 5.75 Å². The van der Waals surface area contributed by atoms with Crippen molar-refractivity contribution in [3.63, 3.8) is 0 Å². The highest BCUT2D eigenvalue weighted by Crippen LogP contribution is 2.32. The van der Waals surface area contributed by atoms with Crippen LogP contribution in [0.4, 0.5) is 4.39 Å². The standard InChI is InChI=1S/C16H19FN2O2S/c17-13-6-8-14(9-7-13)20-10-11-22-16-19-18-15(21-16)12-4-2-1-3-5-12/h6-9,12H,1-5,10-11H2. The number of aromatic nitrogens is 2. The summed E-state index contributed by atoms with van der Waals surface area (Å²) in [5.41, 5.74) is 0. The molecule has 0 unspecified atom stereocenters. The quantitative estimate of drug-likeness (QED) is 0.582. The number of benzene rings is 1. The second-order valence-electron chi connectivity index (χ2n) is 5.39. The SMILES string of the molecule is Fc1ccc(OCCSc2nnc(C3CCCCC3)o2)cc1. The van der Waals surface area contributed by atoms with Crippen LogP contribution in [-0.4, -0.2) is 22.6 Å². The van der Waals surface area contributed by atoms with Crippen LogP contribution in [0.15, 0.2) is 33.9 Å². The van der Waals surface area contributed by atoms with E-state index in [1.54, 1.807) is 12.1 Å². The fraction of sp³-hybridized carbons (Fsp3) is 0.500. The molecule has 4 nitrogen and oxygen atoms in total. The molecule has 1 aromatic heterocycles. The molecule has 1 saturated carbocycles. The summed E-state index contributed by atoms with van der Waals surface area (Å²) >= 11 is 1.49. The summed E-state index contributed by atoms with van der Waals surface area (Å²) < 4.78 is 24.0. The second-order valence-corrected chi connectivity index (χ2v) is 6.44. The Morgan fingerprint density at radius 3 is 2.68 bits per heavy atom. The summed E-state index contributed by atoms with van der Waals surface area (Å²) in [5.74, 6) is 2.33. The monoisotopic (exact) mass is 322 g/mol. The lowest BCUT2D eigenvalue weighted by atomic mass is 9.89. The van der Waals surface area contributed by atoms with E-state index >= 15 is 0 Å². The molecule has 22 heavy (non-hydrogen) atoms. The lowest BCUT2D eigenvalue weighted by Gasteiger charge is -2.17. The van der Waals surface area contributed by atoms with E-state index in [-0.39, 0.29) is 5.82 Å². The van der Waals surface area contributed by atoms with Crippen molar-refractivity contribution in [1.82, 2.24) is 10.2 Å². The fourth-order valence-electron chi connectivity index (χ4n) is 2.61. The molecule has 0 amide bonds. The Kier molecular flexibility index (Phi) is 5.32. The number of ether oxygens (including phenoxy) is 1. The van der Waals surface area contributed by atoms with Crippen LogP contribution in [0.3, 0.4) is 0 Å². The molecule has 1 heterocycles. The van der Waals surface area contributed by atoms with Gasteiger partial charge in [-0.3, -0.25) is 0 Å². The van der Waals surface area contributed by atoms with E-state index < -0.39 is 0 Å². The van der Waals surface area contributed by atoms with E-state index in [4.69, 9.17) is 9.15 Å². The van der Waals surface area contributed by atoms with E-state index in [1.165, 1.54) is 43.2 Å². The van der Waals surface area contributed by atoms with Crippen molar-refractivity contribution < 1.29 is 13.5 Å². The Morgan fingerprint density at radius 2 is 1.91 bits per heavy atom. The maximum absolute atomic E-state index is 12.8. The van der Waals surface area contributed by atoms with Crippen molar-refractivity contribution in [2.45, 2.75) is 43.2 Å². The molecule has 0 spiro atoms. The highest BCUT2D eigenvalue weighted by Gasteiger charge is 2.21. The van der Waals surface area contributed by atoms with Crippen molar-refractivity contribution in [2.75, 3.05) is 12.4 Å². The smallest absolute Gasteiger partial charge is 0.276 e. The molecule has 0 saturated heterocycles. The average Bonchev–Trinajstić information content (AvgIpc) is 3.03. The van der Waals surface area contributed by atoms with E-state index in [0.29, 0.717) is 29.2 Å². The lowest BCUT2D eigenvalue weighted by Crippen LogP contribution is -2.04. The molecule has 0 N–H and O–H groups in total. The molecule has 118 valence electrons. The van der Waals surface area contributed by atoms with Gasteiger partial charge in [0.1, 0.15) is 11.6 Å². The van der Waals surface area contributed by atoms with Gasteiger partial charge in [-0.1, -0.05) is 31.0 Å². The lowest BCUT2D eigenvalue weighted by molar-refractivity contribution is 0.331. The third kappa shape index (κ3) is 4.22. The molecule has 0 radical (unpaired) electrons. The Hall–Kier alpha value is -1.56. The summed E-state index contributed by atoms with van der Waals surface area (Å²) in [6.07, 6.45) is 6.12. The fourth-order valence-corrected chi connectivity index (χ4v) is 3.20. The highest BCUT2D eigenvalue weighted by atomic mass is 32.2. The van der Waals surface area contributed by atoms with Gasteiger partial charge >= 0.3 is 0 Å². The number of halogens is 1. The normalized spacial score (nSPS) is 15.9. The third-order valence-electron chi connectivity index (χ3n) is 3.77. The van der Waals surface area contributed by atoms with Crippen molar-refractivity contribution in [1.29, 1.82) is 0 Å². The predicted molar refractivity (Wildman–Crippen MR) is 82.7 cm³/mol. The first-order valence-corrected chi connectivity index (χ1v) is 8.64. The van der Waals surface area contributed by atoms with Gasteiger partial charge in [0.05, 0.1) is 6.61 Å². The minimum atomic E-state index is -0.261. The summed E-state index contributed by atoms with van der Waals surface area (Å²) in [7, 11) is 0. The molecule has 6 heteroatoms. The maximum atomic E-state index is 12.8. The van der Waals surface area contributed by atoms with Gasteiger partial charge in [-0.05, 0) is 37.1 Å².